The van der Waals surface area contributed by atoms with E-state index >= 15 is 0 Å². The fraction of sp³-hybridized carbons (Fsp3) is 0.889. The predicted molar refractivity (Wildman–Crippen MR) is 50.6 cm³/mol. The minimum absolute atomic E-state index is 0.602. The van der Waals surface area contributed by atoms with Crippen LogP contribution in [-0.4, -0.2) is 25.7 Å². The van der Waals surface area contributed by atoms with Crippen molar-refractivity contribution in [2.24, 2.45) is 0 Å². The Balaban J connectivity index is 2.80. The van der Waals surface area contributed by atoms with Crippen molar-refractivity contribution in [3.8, 4) is 0 Å². The second kappa shape index (κ2) is 8.02. The van der Waals surface area contributed by atoms with E-state index in [-0.39, 0.29) is 0 Å². The van der Waals surface area contributed by atoms with Crippen LogP contribution in [0.5, 0.6) is 0 Å². The summed E-state index contributed by atoms with van der Waals surface area (Å²) < 4.78 is 0. The van der Waals surface area contributed by atoms with Crippen molar-refractivity contribution in [3.05, 3.63) is 6.92 Å². The molecule has 0 aromatic rings. The topological polar surface area (TPSA) is 24.1 Å². The highest BCUT2D eigenvalue weighted by molar-refractivity contribution is 4.55. The van der Waals surface area contributed by atoms with Crippen molar-refractivity contribution in [3.63, 3.8) is 0 Å². The van der Waals surface area contributed by atoms with Crippen LogP contribution in [0.4, 0.5) is 0 Å². The Bertz CT molecular complexity index is 72.0. The Morgan fingerprint density at radius 2 is 1.91 bits per heavy atom. The Kier molecular flexibility index (Phi) is 7.96. The van der Waals surface area contributed by atoms with Crippen molar-refractivity contribution in [1.29, 1.82) is 0 Å². The molecule has 67 valence electrons. The zero-order chi connectivity index (χ0) is 8.53. The molecule has 0 atom stereocenters. The molecule has 0 bridgehead atoms. The fourth-order valence-electron chi connectivity index (χ4n) is 0.824. The number of unbranched alkanes of at least 4 members (excludes halogenated alkanes) is 1. The standard InChI is InChI=1S/C9H21N2/c1-4-5-6-10-7-8-11-9(2)3/h9-11H,1,4-8H2,2-3H3. The molecule has 0 unspecified atom stereocenters. The third-order valence-electron chi connectivity index (χ3n) is 1.46. The van der Waals surface area contributed by atoms with Crippen molar-refractivity contribution >= 4 is 0 Å². The predicted octanol–water partition coefficient (Wildman–Crippen LogP) is 1.19. The molecular formula is C9H21N2. The molecule has 0 saturated carbocycles. The zero-order valence-electron chi connectivity index (χ0n) is 7.82. The van der Waals surface area contributed by atoms with E-state index < -0.39 is 0 Å². The number of rotatable bonds is 7. The first-order valence-corrected chi connectivity index (χ1v) is 4.50. The van der Waals surface area contributed by atoms with E-state index in [1.165, 1.54) is 6.42 Å². The molecule has 0 aromatic carbocycles. The quantitative estimate of drug-likeness (QED) is 0.542. The van der Waals surface area contributed by atoms with E-state index in [0.717, 1.165) is 26.1 Å². The molecule has 0 rings (SSSR count). The number of nitrogens with one attached hydrogen (secondary N) is 2. The van der Waals surface area contributed by atoms with Crippen molar-refractivity contribution < 1.29 is 0 Å². The highest BCUT2D eigenvalue weighted by Gasteiger charge is 1.89. The molecule has 1 radical (unpaired) electrons. The van der Waals surface area contributed by atoms with Gasteiger partial charge in [-0.05, 0) is 13.0 Å². The lowest BCUT2D eigenvalue weighted by Gasteiger charge is -2.08. The molecule has 2 N–H and O–H groups in total. The monoisotopic (exact) mass is 157 g/mol. The van der Waals surface area contributed by atoms with Crippen molar-refractivity contribution in [2.75, 3.05) is 19.6 Å². The Morgan fingerprint density at radius 3 is 2.45 bits per heavy atom. The van der Waals surface area contributed by atoms with Gasteiger partial charge in [-0.3, -0.25) is 0 Å². The SMILES string of the molecule is [CH2]CCCNCCNC(C)C. The minimum Gasteiger partial charge on any atom is -0.315 e. The van der Waals surface area contributed by atoms with Gasteiger partial charge in [-0.15, -0.1) is 0 Å². The maximum atomic E-state index is 3.78. The lowest BCUT2D eigenvalue weighted by molar-refractivity contribution is 0.551. The highest BCUT2D eigenvalue weighted by atomic mass is 14.9. The van der Waals surface area contributed by atoms with E-state index in [1.54, 1.807) is 0 Å². The molecular weight excluding hydrogens is 136 g/mol. The largest absolute Gasteiger partial charge is 0.315 e. The smallest absolute Gasteiger partial charge is 0.00790 e. The maximum Gasteiger partial charge on any atom is 0.00790 e. The summed E-state index contributed by atoms with van der Waals surface area (Å²) in [7, 11) is 0. The summed E-state index contributed by atoms with van der Waals surface area (Å²) in [6.45, 7) is 11.3. The van der Waals surface area contributed by atoms with Crippen LogP contribution < -0.4 is 10.6 Å². The minimum atomic E-state index is 0.602. The van der Waals surface area contributed by atoms with Gasteiger partial charge in [-0.25, -0.2) is 0 Å². The van der Waals surface area contributed by atoms with Crippen molar-refractivity contribution in [2.45, 2.75) is 32.7 Å². The highest BCUT2D eigenvalue weighted by Crippen LogP contribution is 1.80. The molecule has 0 aliphatic carbocycles. The summed E-state index contributed by atoms with van der Waals surface area (Å²) in [4.78, 5) is 0. The molecule has 0 aliphatic rings. The van der Waals surface area contributed by atoms with Gasteiger partial charge in [0.2, 0.25) is 0 Å². The number of hydrogen-bond acceptors (Lipinski definition) is 2. The first kappa shape index (κ1) is 10.9. The van der Waals surface area contributed by atoms with E-state index in [0.29, 0.717) is 6.04 Å². The third-order valence-corrected chi connectivity index (χ3v) is 1.46. The van der Waals surface area contributed by atoms with E-state index in [4.69, 9.17) is 0 Å². The van der Waals surface area contributed by atoms with Crippen LogP contribution in [0, 0.1) is 6.92 Å². The summed E-state index contributed by atoms with van der Waals surface area (Å²) in [5.74, 6) is 0. The number of hydrogen-bond donors (Lipinski definition) is 2. The molecule has 0 aliphatic heterocycles. The normalized spacial score (nSPS) is 10.9. The summed E-state index contributed by atoms with van der Waals surface area (Å²) in [5.41, 5.74) is 0. The van der Waals surface area contributed by atoms with E-state index in [1.807, 2.05) is 0 Å². The molecule has 2 heteroatoms. The van der Waals surface area contributed by atoms with Crippen LogP contribution in [0.1, 0.15) is 26.7 Å². The second-order valence-corrected chi connectivity index (χ2v) is 3.07. The Morgan fingerprint density at radius 1 is 1.18 bits per heavy atom. The van der Waals surface area contributed by atoms with Gasteiger partial charge in [0.25, 0.3) is 0 Å². The zero-order valence-corrected chi connectivity index (χ0v) is 7.82. The molecule has 2 nitrogen and oxygen atoms in total. The van der Waals surface area contributed by atoms with E-state index in [2.05, 4.69) is 31.4 Å². The van der Waals surface area contributed by atoms with Crippen LogP contribution >= 0.6 is 0 Å². The summed E-state index contributed by atoms with van der Waals surface area (Å²) >= 11 is 0. The van der Waals surface area contributed by atoms with Gasteiger partial charge < -0.3 is 10.6 Å². The summed E-state index contributed by atoms with van der Waals surface area (Å²) in [6.07, 6.45) is 2.21. The van der Waals surface area contributed by atoms with Crippen LogP contribution in [-0.2, 0) is 0 Å². The average Bonchev–Trinajstić information content (AvgIpc) is 1.96. The molecule has 11 heavy (non-hydrogen) atoms. The van der Waals surface area contributed by atoms with E-state index in [9.17, 15) is 0 Å². The molecule has 0 aromatic heterocycles. The van der Waals surface area contributed by atoms with Gasteiger partial charge in [0.15, 0.2) is 0 Å². The third kappa shape index (κ3) is 9.92. The fourth-order valence-corrected chi connectivity index (χ4v) is 0.824. The van der Waals surface area contributed by atoms with Crippen LogP contribution in [0.2, 0.25) is 0 Å². The van der Waals surface area contributed by atoms with Gasteiger partial charge in [0.05, 0.1) is 0 Å². The van der Waals surface area contributed by atoms with Gasteiger partial charge in [0.1, 0.15) is 0 Å². The summed E-state index contributed by atoms with van der Waals surface area (Å²) in [5, 5.41) is 6.68. The molecule has 0 amide bonds. The summed E-state index contributed by atoms with van der Waals surface area (Å²) in [6, 6.07) is 0.602. The second-order valence-electron chi connectivity index (χ2n) is 3.07. The average molecular weight is 157 g/mol. The Hall–Kier alpha value is -0.0800. The van der Waals surface area contributed by atoms with Crippen LogP contribution in [0.3, 0.4) is 0 Å². The van der Waals surface area contributed by atoms with Gasteiger partial charge in [0, 0.05) is 19.1 Å². The maximum absolute atomic E-state index is 3.78. The van der Waals surface area contributed by atoms with Gasteiger partial charge >= 0.3 is 0 Å². The lowest BCUT2D eigenvalue weighted by Crippen LogP contribution is -2.31. The van der Waals surface area contributed by atoms with Gasteiger partial charge in [-0.2, -0.15) is 0 Å². The lowest BCUT2D eigenvalue weighted by atomic mass is 10.3. The Labute approximate surface area is 70.8 Å². The van der Waals surface area contributed by atoms with Crippen LogP contribution in [0.25, 0.3) is 0 Å². The molecule has 0 heterocycles. The first-order valence-electron chi connectivity index (χ1n) is 4.50. The molecule has 0 spiro atoms. The van der Waals surface area contributed by atoms with Crippen molar-refractivity contribution in [1.82, 2.24) is 10.6 Å². The first-order chi connectivity index (χ1) is 5.27. The molecule has 0 saturated heterocycles. The van der Waals surface area contributed by atoms with Crippen LogP contribution in [0.15, 0.2) is 0 Å². The van der Waals surface area contributed by atoms with Gasteiger partial charge in [-0.1, -0.05) is 27.2 Å². The molecule has 0 fully saturated rings.